The highest BCUT2D eigenvalue weighted by molar-refractivity contribution is 5.65. The van der Waals surface area contributed by atoms with Gasteiger partial charge in [-0.1, -0.05) is 19.8 Å². The Hall–Kier alpha value is -0.570. The lowest BCUT2D eigenvalue weighted by atomic mass is 10.2. The van der Waals surface area contributed by atoms with E-state index in [9.17, 15) is 4.79 Å². The molecule has 1 N–H and O–H groups in total. The normalized spacial score (nSPS) is 10.0. The summed E-state index contributed by atoms with van der Waals surface area (Å²) >= 11 is 0. The molecule has 0 aliphatic rings. The molecule has 0 radical (unpaired) electrons. The van der Waals surface area contributed by atoms with Gasteiger partial charge >= 0.3 is 5.97 Å². The number of ether oxygens (including phenoxy) is 1. The SMILES string of the molecule is CCCCCNCCCOC(C)=O. The number of carbonyl (C=O) groups excluding carboxylic acids is 1. The van der Waals surface area contributed by atoms with Crippen molar-refractivity contribution in [1.82, 2.24) is 5.32 Å². The standard InChI is InChI=1S/C10H21NO2/c1-3-4-5-7-11-8-6-9-13-10(2)12/h11H,3-9H2,1-2H3. The van der Waals surface area contributed by atoms with Gasteiger partial charge in [-0.25, -0.2) is 0 Å². The Labute approximate surface area is 80.8 Å². The summed E-state index contributed by atoms with van der Waals surface area (Å²) in [5.41, 5.74) is 0. The second-order valence-corrected chi connectivity index (χ2v) is 3.15. The summed E-state index contributed by atoms with van der Waals surface area (Å²) in [5.74, 6) is -0.189. The molecule has 0 saturated heterocycles. The molecule has 0 amide bonds. The monoisotopic (exact) mass is 187 g/mol. The summed E-state index contributed by atoms with van der Waals surface area (Å²) in [7, 11) is 0. The molecular formula is C10H21NO2. The smallest absolute Gasteiger partial charge is 0.302 e. The van der Waals surface area contributed by atoms with E-state index in [1.807, 2.05) is 0 Å². The zero-order valence-corrected chi connectivity index (χ0v) is 8.77. The number of rotatable bonds is 8. The molecule has 0 saturated carbocycles. The molecule has 0 aromatic carbocycles. The fourth-order valence-corrected chi connectivity index (χ4v) is 1.04. The minimum Gasteiger partial charge on any atom is -0.466 e. The van der Waals surface area contributed by atoms with E-state index in [-0.39, 0.29) is 5.97 Å². The number of unbranched alkanes of at least 4 members (excludes halogenated alkanes) is 2. The minimum atomic E-state index is -0.189. The largest absolute Gasteiger partial charge is 0.466 e. The van der Waals surface area contributed by atoms with Crippen molar-refractivity contribution >= 4 is 5.97 Å². The fraction of sp³-hybridized carbons (Fsp3) is 0.900. The second kappa shape index (κ2) is 9.52. The molecule has 0 aliphatic carbocycles. The van der Waals surface area contributed by atoms with Crippen LogP contribution < -0.4 is 5.32 Å². The molecule has 3 nitrogen and oxygen atoms in total. The van der Waals surface area contributed by atoms with Crippen molar-refractivity contribution in [1.29, 1.82) is 0 Å². The third-order valence-corrected chi connectivity index (χ3v) is 1.76. The Morgan fingerprint density at radius 3 is 2.54 bits per heavy atom. The third-order valence-electron chi connectivity index (χ3n) is 1.76. The van der Waals surface area contributed by atoms with Gasteiger partial charge in [0.05, 0.1) is 6.61 Å². The highest BCUT2D eigenvalue weighted by Gasteiger charge is 1.92. The Morgan fingerprint density at radius 1 is 1.23 bits per heavy atom. The predicted octanol–water partition coefficient (Wildman–Crippen LogP) is 1.72. The number of hydrogen-bond acceptors (Lipinski definition) is 3. The van der Waals surface area contributed by atoms with E-state index in [0.717, 1.165) is 19.5 Å². The van der Waals surface area contributed by atoms with Crippen molar-refractivity contribution in [2.45, 2.75) is 39.5 Å². The van der Waals surface area contributed by atoms with Crippen LogP contribution in [0.2, 0.25) is 0 Å². The van der Waals surface area contributed by atoms with Gasteiger partial charge in [-0.3, -0.25) is 4.79 Å². The van der Waals surface area contributed by atoms with Crippen LogP contribution in [0.1, 0.15) is 39.5 Å². The molecule has 13 heavy (non-hydrogen) atoms. The molecule has 0 bridgehead atoms. The van der Waals surface area contributed by atoms with E-state index in [1.165, 1.54) is 26.2 Å². The first kappa shape index (κ1) is 12.4. The van der Waals surface area contributed by atoms with Crippen LogP contribution in [0, 0.1) is 0 Å². The first-order valence-electron chi connectivity index (χ1n) is 5.11. The van der Waals surface area contributed by atoms with Crippen molar-refractivity contribution in [2.24, 2.45) is 0 Å². The maximum absolute atomic E-state index is 10.4. The van der Waals surface area contributed by atoms with Crippen LogP contribution in [0.4, 0.5) is 0 Å². The average molecular weight is 187 g/mol. The summed E-state index contributed by atoms with van der Waals surface area (Å²) in [4.78, 5) is 10.4. The summed E-state index contributed by atoms with van der Waals surface area (Å²) < 4.78 is 4.79. The van der Waals surface area contributed by atoms with E-state index < -0.39 is 0 Å². The zero-order valence-electron chi connectivity index (χ0n) is 8.77. The van der Waals surface area contributed by atoms with Gasteiger partial charge in [0.25, 0.3) is 0 Å². The van der Waals surface area contributed by atoms with Gasteiger partial charge in [0, 0.05) is 6.92 Å². The molecule has 0 heterocycles. The molecule has 0 spiro atoms. The van der Waals surface area contributed by atoms with Gasteiger partial charge in [-0.2, -0.15) is 0 Å². The molecule has 0 atom stereocenters. The minimum absolute atomic E-state index is 0.189. The summed E-state index contributed by atoms with van der Waals surface area (Å²) in [6.45, 7) is 6.19. The highest BCUT2D eigenvalue weighted by atomic mass is 16.5. The summed E-state index contributed by atoms with van der Waals surface area (Å²) in [6.07, 6.45) is 4.70. The van der Waals surface area contributed by atoms with Crippen molar-refractivity contribution in [2.75, 3.05) is 19.7 Å². The van der Waals surface area contributed by atoms with Crippen molar-refractivity contribution in [3.05, 3.63) is 0 Å². The molecule has 0 aliphatic heterocycles. The molecule has 0 unspecified atom stereocenters. The van der Waals surface area contributed by atoms with Crippen molar-refractivity contribution < 1.29 is 9.53 Å². The molecule has 78 valence electrons. The van der Waals surface area contributed by atoms with Gasteiger partial charge in [-0.05, 0) is 25.9 Å². The molecular weight excluding hydrogens is 166 g/mol. The predicted molar refractivity (Wildman–Crippen MR) is 53.6 cm³/mol. The lowest BCUT2D eigenvalue weighted by molar-refractivity contribution is -0.141. The number of esters is 1. The first-order chi connectivity index (χ1) is 6.27. The van der Waals surface area contributed by atoms with E-state index in [4.69, 9.17) is 4.74 Å². The van der Waals surface area contributed by atoms with Crippen LogP contribution in [-0.4, -0.2) is 25.7 Å². The Bertz CT molecular complexity index is 126. The molecule has 0 aromatic heterocycles. The van der Waals surface area contributed by atoms with Crippen LogP contribution in [0.25, 0.3) is 0 Å². The quantitative estimate of drug-likeness (QED) is 0.464. The van der Waals surface area contributed by atoms with Crippen LogP contribution in [0.5, 0.6) is 0 Å². The van der Waals surface area contributed by atoms with E-state index >= 15 is 0 Å². The van der Waals surface area contributed by atoms with Crippen molar-refractivity contribution in [3.63, 3.8) is 0 Å². The Morgan fingerprint density at radius 2 is 1.92 bits per heavy atom. The molecule has 3 heteroatoms. The van der Waals surface area contributed by atoms with Gasteiger partial charge in [-0.15, -0.1) is 0 Å². The first-order valence-corrected chi connectivity index (χ1v) is 5.11. The maximum atomic E-state index is 10.4. The zero-order chi connectivity index (χ0) is 9.94. The summed E-state index contributed by atoms with van der Waals surface area (Å²) in [5, 5.41) is 3.30. The van der Waals surface area contributed by atoms with Crippen LogP contribution in [0.3, 0.4) is 0 Å². The van der Waals surface area contributed by atoms with Gasteiger partial charge in [0.2, 0.25) is 0 Å². The van der Waals surface area contributed by atoms with Crippen molar-refractivity contribution in [3.8, 4) is 0 Å². The average Bonchev–Trinajstić information content (AvgIpc) is 2.09. The third kappa shape index (κ3) is 11.4. The van der Waals surface area contributed by atoms with E-state index in [2.05, 4.69) is 12.2 Å². The fourth-order valence-electron chi connectivity index (χ4n) is 1.04. The lowest BCUT2D eigenvalue weighted by Crippen LogP contribution is -2.18. The topological polar surface area (TPSA) is 38.3 Å². The van der Waals surface area contributed by atoms with Gasteiger partial charge in [0.15, 0.2) is 0 Å². The maximum Gasteiger partial charge on any atom is 0.302 e. The van der Waals surface area contributed by atoms with E-state index in [0.29, 0.717) is 6.61 Å². The lowest BCUT2D eigenvalue weighted by Gasteiger charge is -2.04. The Balaban J connectivity index is 2.87. The molecule has 0 fully saturated rings. The van der Waals surface area contributed by atoms with Gasteiger partial charge < -0.3 is 10.1 Å². The van der Waals surface area contributed by atoms with Gasteiger partial charge in [0.1, 0.15) is 0 Å². The van der Waals surface area contributed by atoms with E-state index in [1.54, 1.807) is 0 Å². The molecule has 0 rings (SSSR count). The number of hydrogen-bond donors (Lipinski definition) is 1. The van der Waals surface area contributed by atoms with Crippen LogP contribution in [0.15, 0.2) is 0 Å². The Kier molecular flexibility index (Phi) is 9.10. The summed E-state index contributed by atoms with van der Waals surface area (Å²) in [6, 6.07) is 0. The van der Waals surface area contributed by atoms with Crippen LogP contribution in [-0.2, 0) is 9.53 Å². The molecule has 0 aromatic rings. The number of nitrogens with one attached hydrogen (secondary N) is 1. The van der Waals surface area contributed by atoms with Crippen LogP contribution >= 0.6 is 0 Å². The number of carbonyl (C=O) groups is 1. The highest BCUT2D eigenvalue weighted by Crippen LogP contribution is 1.91. The second-order valence-electron chi connectivity index (χ2n) is 3.15.